The van der Waals surface area contributed by atoms with Crippen molar-refractivity contribution in [3.8, 4) is 0 Å². The molecule has 0 saturated carbocycles. The third kappa shape index (κ3) is 6.74. The van der Waals surface area contributed by atoms with E-state index < -0.39 is 23.9 Å². The van der Waals surface area contributed by atoms with Gasteiger partial charge in [0.1, 0.15) is 6.04 Å². The van der Waals surface area contributed by atoms with Crippen LogP contribution in [-0.2, 0) is 16.0 Å². The predicted octanol–water partition coefficient (Wildman–Crippen LogP) is 3.79. The molecule has 4 amide bonds. The molecule has 1 heterocycles. The summed E-state index contributed by atoms with van der Waals surface area (Å²) in [5.41, 5.74) is 2.64. The number of hydrogen-bond acceptors (Lipinski definition) is 5. The number of unbranched alkanes of at least 4 members (excludes halogenated alkanes) is 1. The summed E-state index contributed by atoms with van der Waals surface area (Å²) < 4.78 is 0. The van der Waals surface area contributed by atoms with E-state index in [4.69, 9.17) is 17.4 Å². The minimum Gasteiger partial charge on any atom is -0.349 e. The second kappa shape index (κ2) is 11.4. The number of carbonyl (C=O) groups is 3. The summed E-state index contributed by atoms with van der Waals surface area (Å²) in [6.07, 6.45) is 4.58. The summed E-state index contributed by atoms with van der Waals surface area (Å²) >= 11 is 5.18. The molecule has 9 heteroatoms. The fourth-order valence-electron chi connectivity index (χ4n) is 3.75. The standard InChI is InChI=1S/C23H34N4O4S/c1-16(2)19-20(29)27(22(32)24-19)26(21(30)25-31)18(28)13-15-23(3,4)14-9-8-12-17-10-6-5-7-11-17/h5-7,10-11,16,19,31H,8-9,12-15H2,1-4H3,(H,24,32)(H,25,30)/t19-/m0/s1. The first-order chi connectivity index (χ1) is 15.1. The molecule has 0 aromatic heterocycles. The Morgan fingerprint density at radius 3 is 2.44 bits per heavy atom. The van der Waals surface area contributed by atoms with Crippen LogP contribution in [0.2, 0.25) is 0 Å². The molecule has 1 aromatic rings. The minimum absolute atomic E-state index is 0.0363. The zero-order valence-corrected chi connectivity index (χ0v) is 20.1. The first-order valence-corrected chi connectivity index (χ1v) is 11.4. The zero-order valence-electron chi connectivity index (χ0n) is 19.3. The number of thiocarbonyl (C=S) groups is 1. The number of benzene rings is 1. The van der Waals surface area contributed by atoms with Crippen LogP contribution >= 0.6 is 12.2 Å². The van der Waals surface area contributed by atoms with Gasteiger partial charge in [-0.05, 0) is 54.8 Å². The van der Waals surface area contributed by atoms with Gasteiger partial charge < -0.3 is 5.32 Å². The molecule has 0 bridgehead atoms. The lowest BCUT2D eigenvalue weighted by atomic mass is 9.82. The van der Waals surface area contributed by atoms with Crippen molar-refractivity contribution in [2.75, 3.05) is 0 Å². The van der Waals surface area contributed by atoms with Crippen LogP contribution in [0.15, 0.2) is 30.3 Å². The predicted molar refractivity (Wildman–Crippen MR) is 125 cm³/mol. The number of hydroxylamine groups is 1. The van der Waals surface area contributed by atoms with Gasteiger partial charge in [-0.25, -0.2) is 10.3 Å². The fourth-order valence-corrected chi connectivity index (χ4v) is 4.04. The molecule has 1 atom stereocenters. The number of hydrogen-bond donors (Lipinski definition) is 3. The Balaban J connectivity index is 1.94. The highest BCUT2D eigenvalue weighted by atomic mass is 32.1. The van der Waals surface area contributed by atoms with Crippen LogP contribution in [0.1, 0.15) is 65.4 Å². The Hall–Kier alpha value is -2.52. The summed E-state index contributed by atoms with van der Waals surface area (Å²) in [4.78, 5) is 37.9. The third-order valence-corrected chi connectivity index (χ3v) is 6.06. The van der Waals surface area contributed by atoms with Crippen molar-refractivity contribution in [2.45, 2.75) is 72.3 Å². The van der Waals surface area contributed by atoms with Crippen molar-refractivity contribution >= 4 is 35.2 Å². The lowest BCUT2D eigenvalue weighted by Gasteiger charge is -2.30. The van der Waals surface area contributed by atoms with E-state index in [0.717, 1.165) is 30.7 Å². The van der Waals surface area contributed by atoms with E-state index in [0.29, 0.717) is 11.4 Å². The lowest BCUT2D eigenvalue weighted by molar-refractivity contribution is -0.149. The molecule has 1 aromatic carbocycles. The van der Waals surface area contributed by atoms with E-state index in [1.54, 1.807) is 0 Å². The number of rotatable bonds is 10. The third-order valence-electron chi connectivity index (χ3n) is 5.76. The number of aryl methyl sites for hydroxylation is 1. The molecule has 1 aliphatic rings. The number of hydrazine groups is 1. The molecule has 1 aliphatic heterocycles. The number of carbonyl (C=O) groups excluding carboxylic acids is 3. The van der Waals surface area contributed by atoms with E-state index >= 15 is 0 Å². The number of imide groups is 1. The molecule has 1 saturated heterocycles. The van der Waals surface area contributed by atoms with Gasteiger partial charge in [-0.2, -0.15) is 10.0 Å². The molecule has 2 rings (SSSR count). The van der Waals surface area contributed by atoms with Gasteiger partial charge in [0.15, 0.2) is 5.11 Å². The highest BCUT2D eigenvalue weighted by Crippen LogP contribution is 2.30. The molecule has 8 nitrogen and oxygen atoms in total. The van der Waals surface area contributed by atoms with E-state index in [1.807, 2.05) is 32.0 Å². The van der Waals surface area contributed by atoms with Crippen LogP contribution < -0.4 is 10.8 Å². The highest BCUT2D eigenvalue weighted by Gasteiger charge is 2.44. The average Bonchev–Trinajstić information content (AvgIpc) is 3.05. The largest absolute Gasteiger partial charge is 0.367 e. The van der Waals surface area contributed by atoms with Crippen LogP contribution in [0.25, 0.3) is 0 Å². The smallest absolute Gasteiger partial charge is 0.349 e. The Labute approximate surface area is 195 Å². The molecule has 176 valence electrons. The van der Waals surface area contributed by atoms with Crippen LogP contribution in [0.5, 0.6) is 0 Å². The molecule has 0 spiro atoms. The van der Waals surface area contributed by atoms with E-state index in [1.165, 1.54) is 11.0 Å². The van der Waals surface area contributed by atoms with Crippen molar-refractivity contribution < 1.29 is 19.6 Å². The van der Waals surface area contributed by atoms with Crippen LogP contribution in [-0.4, -0.2) is 44.2 Å². The van der Waals surface area contributed by atoms with Gasteiger partial charge in [-0.3, -0.25) is 14.8 Å². The van der Waals surface area contributed by atoms with Crippen molar-refractivity contribution in [3.63, 3.8) is 0 Å². The van der Waals surface area contributed by atoms with Gasteiger partial charge in [0, 0.05) is 6.42 Å². The summed E-state index contributed by atoms with van der Waals surface area (Å²) in [5.74, 6) is -1.19. The van der Waals surface area contributed by atoms with E-state index in [2.05, 4.69) is 31.3 Å². The summed E-state index contributed by atoms with van der Waals surface area (Å²) in [5, 5.41) is 13.4. The SMILES string of the molecule is CC(C)[C@@H]1NC(=S)N(N(C(=O)CCC(C)(C)CCCCc2ccccc2)C(=O)NO)C1=O. The van der Waals surface area contributed by atoms with Crippen molar-refractivity contribution in [1.29, 1.82) is 0 Å². The first-order valence-electron chi connectivity index (χ1n) is 11.0. The molecule has 32 heavy (non-hydrogen) atoms. The van der Waals surface area contributed by atoms with Crippen molar-refractivity contribution in [3.05, 3.63) is 35.9 Å². The quantitative estimate of drug-likeness (QED) is 0.212. The lowest BCUT2D eigenvalue weighted by Crippen LogP contribution is -2.56. The van der Waals surface area contributed by atoms with Crippen molar-refractivity contribution in [2.24, 2.45) is 11.3 Å². The maximum absolute atomic E-state index is 12.9. The van der Waals surface area contributed by atoms with Gasteiger partial charge in [-0.1, -0.05) is 64.4 Å². The topological polar surface area (TPSA) is 102 Å². The Kier molecular flexibility index (Phi) is 9.15. The summed E-state index contributed by atoms with van der Waals surface area (Å²) in [6.45, 7) is 7.84. The van der Waals surface area contributed by atoms with Crippen LogP contribution in [0.4, 0.5) is 4.79 Å². The van der Waals surface area contributed by atoms with Gasteiger partial charge in [0.05, 0.1) is 0 Å². The van der Waals surface area contributed by atoms with Crippen LogP contribution in [0, 0.1) is 11.3 Å². The first kappa shape index (κ1) is 25.7. The molecule has 0 aliphatic carbocycles. The Bertz CT molecular complexity index is 829. The van der Waals surface area contributed by atoms with Gasteiger partial charge >= 0.3 is 6.03 Å². The van der Waals surface area contributed by atoms with Gasteiger partial charge in [0.2, 0.25) is 5.91 Å². The Morgan fingerprint density at radius 2 is 1.88 bits per heavy atom. The highest BCUT2D eigenvalue weighted by molar-refractivity contribution is 7.80. The zero-order chi connectivity index (χ0) is 23.9. The number of urea groups is 1. The van der Waals surface area contributed by atoms with Crippen LogP contribution in [0.3, 0.4) is 0 Å². The molecule has 3 N–H and O–H groups in total. The number of nitrogens with one attached hydrogen (secondary N) is 2. The summed E-state index contributed by atoms with van der Waals surface area (Å²) in [7, 11) is 0. The second-order valence-electron chi connectivity index (χ2n) is 9.30. The molecular weight excluding hydrogens is 428 g/mol. The van der Waals surface area contributed by atoms with Gasteiger partial charge in [0.25, 0.3) is 5.91 Å². The summed E-state index contributed by atoms with van der Waals surface area (Å²) in [6, 6.07) is 8.57. The molecule has 0 radical (unpaired) electrons. The normalized spacial score (nSPS) is 16.3. The second-order valence-corrected chi connectivity index (χ2v) is 9.69. The van der Waals surface area contributed by atoms with E-state index in [9.17, 15) is 14.4 Å². The van der Waals surface area contributed by atoms with Gasteiger partial charge in [-0.15, -0.1) is 0 Å². The monoisotopic (exact) mass is 462 g/mol. The number of amides is 4. The number of nitrogens with zero attached hydrogens (tertiary/aromatic N) is 2. The maximum atomic E-state index is 12.9. The molecule has 0 unspecified atom stereocenters. The van der Waals surface area contributed by atoms with E-state index in [-0.39, 0.29) is 22.9 Å². The average molecular weight is 463 g/mol. The molecular formula is C23H34N4O4S. The minimum atomic E-state index is -1.11. The Morgan fingerprint density at radius 1 is 1.22 bits per heavy atom. The fraction of sp³-hybridized carbons (Fsp3) is 0.565. The van der Waals surface area contributed by atoms with Crippen molar-refractivity contribution in [1.82, 2.24) is 20.8 Å². The molecule has 1 fully saturated rings. The maximum Gasteiger partial charge on any atom is 0.367 e.